The molecule has 0 fully saturated rings. The summed E-state index contributed by atoms with van der Waals surface area (Å²) in [5, 5.41) is -0.0709. The van der Waals surface area contributed by atoms with Crippen LogP contribution in [0.15, 0.2) is 24.4 Å². The van der Waals surface area contributed by atoms with Gasteiger partial charge in [-0.05, 0) is 37.5 Å². The molecule has 2 rings (SSSR count). The maximum atomic E-state index is 13.7. The summed E-state index contributed by atoms with van der Waals surface area (Å²) in [5.41, 5.74) is -0.636. The fourth-order valence-corrected chi connectivity index (χ4v) is 2.59. The zero-order valence-electron chi connectivity index (χ0n) is 14.3. The van der Waals surface area contributed by atoms with Crippen LogP contribution in [0.25, 0.3) is 10.9 Å². The van der Waals surface area contributed by atoms with E-state index in [0.717, 1.165) is 12.5 Å². The quantitative estimate of drug-likeness (QED) is 0.501. The second-order valence-corrected chi connectivity index (χ2v) is 5.79. The van der Waals surface area contributed by atoms with E-state index in [9.17, 15) is 26.7 Å². The Morgan fingerprint density at radius 2 is 1.85 bits per heavy atom. The highest BCUT2D eigenvalue weighted by Gasteiger charge is 2.58. The second-order valence-electron chi connectivity index (χ2n) is 5.79. The number of carbonyl (C=O) groups excluding carboxylic acids is 1. The van der Waals surface area contributed by atoms with Crippen LogP contribution in [-0.2, 0) is 17.1 Å². The van der Waals surface area contributed by atoms with Crippen molar-refractivity contribution in [2.45, 2.75) is 45.2 Å². The van der Waals surface area contributed by atoms with Gasteiger partial charge in [0.25, 0.3) is 0 Å². The number of aromatic nitrogens is 1. The maximum absolute atomic E-state index is 13.7. The summed E-state index contributed by atoms with van der Waals surface area (Å²) in [5.74, 6) is -5.80. The second kappa shape index (κ2) is 7.55. The van der Waals surface area contributed by atoms with E-state index in [4.69, 9.17) is 4.74 Å². The highest BCUT2D eigenvalue weighted by atomic mass is 19.4. The highest BCUT2D eigenvalue weighted by Crippen LogP contribution is 2.44. The van der Waals surface area contributed by atoms with Crippen molar-refractivity contribution in [2.75, 3.05) is 6.61 Å². The minimum absolute atomic E-state index is 0.00914. The standard InChI is InChI=1S/C18H18F5NO2/c1-3-5-6-11-10-24-14-8-7-12(17(19,20)18(21,22)23)9-13(14)15(11)16(25)26-4-2/h7-10H,3-6H2,1-2H3. The van der Waals surface area contributed by atoms with E-state index in [2.05, 4.69) is 4.98 Å². The molecule has 0 aliphatic heterocycles. The van der Waals surface area contributed by atoms with Crippen molar-refractivity contribution in [3.8, 4) is 0 Å². The molecule has 3 nitrogen and oxygen atoms in total. The number of rotatable bonds is 6. The smallest absolute Gasteiger partial charge is 0.458 e. The van der Waals surface area contributed by atoms with Crippen molar-refractivity contribution >= 4 is 16.9 Å². The number of pyridine rings is 1. The molecule has 0 aliphatic carbocycles. The van der Waals surface area contributed by atoms with Gasteiger partial charge in [-0.25, -0.2) is 4.79 Å². The van der Waals surface area contributed by atoms with Crippen LogP contribution in [0.2, 0.25) is 0 Å². The lowest BCUT2D eigenvalue weighted by Gasteiger charge is -2.20. The number of benzene rings is 1. The van der Waals surface area contributed by atoms with Crippen LogP contribution in [-0.4, -0.2) is 23.7 Å². The van der Waals surface area contributed by atoms with Crippen LogP contribution < -0.4 is 0 Å². The summed E-state index contributed by atoms with van der Waals surface area (Å²) in [6.45, 7) is 3.56. The molecule has 0 saturated heterocycles. The van der Waals surface area contributed by atoms with Gasteiger partial charge >= 0.3 is 18.1 Å². The van der Waals surface area contributed by atoms with Crippen molar-refractivity contribution in [2.24, 2.45) is 0 Å². The van der Waals surface area contributed by atoms with Crippen molar-refractivity contribution < 1.29 is 31.5 Å². The molecule has 142 valence electrons. The Hall–Kier alpha value is -2.25. The molecule has 0 radical (unpaired) electrons. The molecule has 8 heteroatoms. The van der Waals surface area contributed by atoms with Gasteiger partial charge < -0.3 is 4.74 Å². The first kappa shape index (κ1) is 20.1. The number of alkyl halides is 5. The van der Waals surface area contributed by atoms with E-state index < -0.39 is 23.6 Å². The Labute approximate surface area is 147 Å². The Balaban J connectivity index is 2.70. The summed E-state index contributed by atoms with van der Waals surface area (Å²) < 4.78 is 70.5. The fraction of sp³-hybridized carbons (Fsp3) is 0.444. The van der Waals surface area contributed by atoms with Gasteiger partial charge in [0.05, 0.1) is 17.7 Å². The summed E-state index contributed by atoms with van der Waals surface area (Å²) in [6.07, 6.45) is -2.35. The summed E-state index contributed by atoms with van der Waals surface area (Å²) >= 11 is 0. The highest BCUT2D eigenvalue weighted by molar-refractivity contribution is 6.04. The van der Waals surface area contributed by atoms with Crippen LogP contribution in [0.3, 0.4) is 0 Å². The molecule has 1 heterocycles. The Bertz CT molecular complexity index is 802. The molecule has 0 N–H and O–H groups in total. The van der Waals surface area contributed by atoms with Gasteiger partial charge in [-0.2, -0.15) is 22.0 Å². The zero-order chi connectivity index (χ0) is 19.5. The number of esters is 1. The number of carbonyl (C=O) groups is 1. The lowest BCUT2D eigenvalue weighted by molar-refractivity contribution is -0.289. The number of aryl methyl sites for hydroxylation is 1. The molecule has 26 heavy (non-hydrogen) atoms. The molecule has 2 aromatic rings. The van der Waals surface area contributed by atoms with Crippen molar-refractivity contribution in [1.82, 2.24) is 4.98 Å². The molecule has 1 aromatic heterocycles. The molecule has 1 aromatic carbocycles. The average molecular weight is 375 g/mol. The van der Waals surface area contributed by atoms with E-state index in [1.807, 2.05) is 6.92 Å². The van der Waals surface area contributed by atoms with Gasteiger partial charge in [-0.3, -0.25) is 4.98 Å². The first-order valence-electron chi connectivity index (χ1n) is 8.17. The molecule has 0 spiro atoms. The first-order chi connectivity index (χ1) is 12.1. The normalized spacial score (nSPS) is 12.4. The number of ether oxygens (including phenoxy) is 1. The molecule has 0 unspecified atom stereocenters. The number of hydrogen-bond acceptors (Lipinski definition) is 3. The van der Waals surface area contributed by atoms with Crippen LogP contribution in [0.4, 0.5) is 22.0 Å². The predicted molar refractivity (Wildman–Crippen MR) is 86.3 cm³/mol. The van der Waals surface area contributed by atoms with Gasteiger partial charge in [0.15, 0.2) is 0 Å². The number of halogens is 5. The average Bonchev–Trinajstić information content (AvgIpc) is 2.57. The van der Waals surface area contributed by atoms with Gasteiger partial charge in [0.2, 0.25) is 0 Å². The first-order valence-corrected chi connectivity index (χ1v) is 8.17. The number of nitrogens with zero attached hydrogens (tertiary/aromatic N) is 1. The largest absolute Gasteiger partial charge is 0.462 e. The van der Waals surface area contributed by atoms with E-state index in [1.54, 1.807) is 6.92 Å². The summed E-state index contributed by atoms with van der Waals surface area (Å²) in [4.78, 5) is 16.4. The molecular weight excluding hydrogens is 357 g/mol. The van der Waals surface area contributed by atoms with Crippen molar-refractivity contribution in [3.05, 3.63) is 41.1 Å². The number of fused-ring (bicyclic) bond motifs is 1. The number of hydrogen-bond donors (Lipinski definition) is 0. The van der Waals surface area contributed by atoms with E-state index in [1.165, 1.54) is 6.20 Å². The monoisotopic (exact) mass is 375 g/mol. The lowest BCUT2D eigenvalue weighted by Crippen LogP contribution is -2.33. The summed E-state index contributed by atoms with van der Waals surface area (Å²) in [7, 11) is 0. The van der Waals surface area contributed by atoms with E-state index in [0.29, 0.717) is 30.5 Å². The van der Waals surface area contributed by atoms with Crippen LogP contribution in [0.1, 0.15) is 48.2 Å². The van der Waals surface area contributed by atoms with E-state index >= 15 is 0 Å². The third-order valence-corrected chi connectivity index (χ3v) is 3.94. The van der Waals surface area contributed by atoms with Gasteiger partial charge in [0, 0.05) is 17.1 Å². The Kier molecular flexibility index (Phi) is 5.83. The van der Waals surface area contributed by atoms with Crippen molar-refractivity contribution in [1.29, 1.82) is 0 Å². The lowest BCUT2D eigenvalue weighted by atomic mass is 9.96. The van der Waals surface area contributed by atoms with Crippen molar-refractivity contribution in [3.63, 3.8) is 0 Å². The molecule has 0 aliphatic rings. The SMILES string of the molecule is CCCCc1cnc2ccc(C(F)(F)C(F)(F)F)cc2c1C(=O)OCC. The Morgan fingerprint density at radius 3 is 2.42 bits per heavy atom. The van der Waals surface area contributed by atoms with Gasteiger partial charge in [-0.15, -0.1) is 0 Å². The molecule has 0 amide bonds. The van der Waals surface area contributed by atoms with Crippen LogP contribution >= 0.6 is 0 Å². The molecule has 0 saturated carbocycles. The maximum Gasteiger partial charge on any atom is 0.458 e. The third kappa shape index (κ3) is 3.78. The van der Waals surface area contributed by atoms with E-state index in [-0.39, 0.29) is 23.1 Å². The fourth-order valence-electron chi connectivity index (χ4n) is 2.59. The third-order valence-electron chi connectivity index (χ3n) is 3.94. The topological polar surface area (TPSA) is 39.2 Å². The van der Waals surface area contributed by atoms with Gasteiger partial charge in [0.1, 0.15) is 0 Å². The molecule has 0 bridgehead atoms. The minimum atomic E-state index is -5.74. The Morgan fingerprint density at radius 1 is 1.15 bits per heavy atom. The molecule has 0 atom stereocenters. The zero-order valence-corrected chi connectivity index (χ0v) is 14.3. The summed E-state index contributed by atoms with van der Waals surface area (Å²) in [6, 6.07) is 2.40. The van der Waals surface area contributed by atoms with Crippen LogP contribution in [0, 0.1) is 0 Å². The predicted octanol–water partition coefficient (Wildman–Crippen LogP) is 5.41. The number of unbranched alkanes of at least 4 members (excludes halogenated alkanes) is 1. The van der Waals surface area contributed by atoms with Gasteiger partial charge in [-0.1, -0.05) is 19.4 Å². The minimum Gasteiger partial charge on any atom is -0.462 e. The molecular formula is C18H18F5NO2. The van der Waals surface area contributed by atoms with Crippen LogP contribution in [0.5, 0.6) is 0 Å².